The number of ether oxygens (including phenoxy) is 4. The normalized spacial score (nSPS) is 27.9. The Kier molecular flexibility index (Phi) is 23.5. The van der Waals surface area contributed by atoms with E-state index in [9.17, 15) is 44.0 Å². The predicted octanol–water partition coefficient (Wildman–Crippen LogP) is 5.46. The van der Waals surface area contributed by atoms with Gasteiger partial charge in [-0.2, -0.15) is 0 Å². The lowest BCUT2D eigenvalue weighted by molar-refractivity contribution is -0.0234. The van der Waals surface area contributed by atoms with Crippen LogP contribution < -0.4 is 22.2 Å². The number of H-pyrrole nitrogens is 4. The number of nitrogens with zero attached hydrogens (tertiary/aromatic N) is 12. The van der Waals surface area contributed by atoms with E-state index in [0.717, 1.165) is 31.1 Å². The highest BCUT2D eigenvalue weighted by Crippen LogP contribution is 2.45. The monoisotopic (exact) mass is 1520 g/mol. The standard InChI is InChI=1S/C15H22BrN4O3P.2C15H22ClN4O3P.C15H22FN4O3P/c4*1-8-18-13-11(14(22)19-8)17-7-20(13)15-10(16)12(21)9(23-15)5-6-24(2,3)4/h4*7,9-10,12,15,21H,2,5-6H2,1,3-4H3,(H,18,19,22)/t4*9-,10-,12-,15?/m1111/s1. The summed E-state index contributed by atoms with van der Waals surface area (Å²) in [4.78, 5) is 91.5. The van der Waals surface area contributed by atoms with Crippen LogP contribution in [0, 0.1) is 27.7 Å². The molecule has 4 fully saturated rings. The van der Waals surface area contributed by atoms with Gasteiger partial charge in [0.15, 0.2) is 75.7 Å². The number of aliphatic hydroxyl groups is 4. The number of hydrogen-bond acceptors (Lipinski definition) is 20. The lowest BCUT2D eigenvalue weighted by atomic mass is 10.1. The molecule has 0 aromatic carbocycles. The second-order valence-electron chi connectivity index (χ2n) is 27.7. The molecule has 0 bridgehead atoms. The second-order valence-corrected chi connectivity index (χ2v) is 47.0. The summed E-state index contributed by atoms with van der Waals surface area (Å²) >= 11 is 16.3. The van der Waals surface area contributed by atoms with Crippen LogP contribution in [0.5, 0.6) is 0 Å². The number of aromatic amines is 4. The molecule has 0 radical (unpaired) electrons. The van der Waals surface area contributed by atoms with Gasteiger partial charge in [0.25, 0.3) is 22.2 Å². The maximum absolute atomic E-state index is 14.6. The number of fused-ring (bicyclic) bond motifs is 4. The summed E-state index contributed by atoms with van der Waals surface area (Å²) in [6, 6.07) is 0. The lowest BCUT2D eigenvalue weighted by Crippen LogP contribution is -2.29. The lowest BCUT2D eigenvalue weighted by Gasteiger charge is -2.18. The third-order valence-electron chi connectivity index (χ3n) is 16.6. The first kappa shape index (κ1) is 75.5. The zero-order valence-corrected chi connectivity index (χ0v) is 62.4. The van der Waals surface area contributed by atoms with Crippen LogP contribution >= 0.6 is 66.7 Å². The number of hydrogen-bond donors (Lipinski definition) is 8. The summed E-state index contributed by atoms with van der Waals surface area (Å²) in [5.41, 5.74) is 1.12. The van der Waals surface area contributed by atoms with Crippen molar-refractivity contribution in [1.82, 2.24) is 78.1 Å². The topological polar surface area (TPSA) is 372 Å². The van der Waals surface area contributed by atoms with E-state index >= 15 is 0 Å². The van der Waals surface area contributed by atoms with E-state index in [-0.39, 0.29) is 73.1 Å². The molecule has 4 saturated heterocycles. The van der Waals surface area contributed by atoms with Gasteiger partial charge in [-0.1, -0.05) is 15.9 Å². The fourth-order valence-electron chi connectivity index (χ4n) is 11.5. The molecule has 12 heterocycles. The predicted molar refractivity (Wildman–Crippen MR) is 390 cm³/mol. The second kappa shape index (κ2) is 29.8. The minimum Gasteiger partial charge on any atom is -0.389 e. The smallest absolute Gasteiger partial charge is 0.279 e. The van der Waals surface area contributed by atoms with Crippen molar-refractivity contribution in [3.8, 4) is 0 Å². The molecule has 528 valence electrons. The zero-order valence-electron chi connectivity index (χ0n) is 55.8. The molecule has 0 saturated carbocycles. The number of aromatic nitrogens is 16. The Hall–Kier alpha value is -4.73. The van der Waals surface area contributed by atoms with Gasteiger partial charge >= 0.3 is 0 Å². The van der Waals surface area contributed by atoms with Crippen molar-refractivity contribution < 1.29 is 43.8 Å². The van der Waals surface area contributed by atoms with E-state index < -0.39 is 99.9 Å². The Morgan fingerprint density at radius 1 is 0.448 bits per heavy atom. The average Bonchev–Trinajstić information content (AvgIpc) is 1.66. The maximum atomic E-state index is 14.6. The van der Waals surface area contributed by atoms with Crippen molar-refractivity contribution in [3.05, 3.63) is 90.0 Å². The van der Waals surface area contributed by atoms with Gasteiger partial charge < -0.3 is 59.3 Å². The van der Waals surface area contributed by atoms with Gasteiger partial charge in [0.2, 0.25) is 0 Å². The van der Waals surface area contributed by atoms with Crippen LogP contribution in [0.15, 0.2) is 44.5 Å². The van der Waals surface area contributed by atoms with E-state index in [1.54, 1.807) is 47.7 Å². The Bertz CT molecular complexity index is 4010. The summed E-state index contributed by atoms with van der Waals surface area (Å²) in [5, 5.41) is 40.2. The molecule has 0 spiro atoms. The summed E-state index contributed by atoms with van der Waals surface area (Å²) < 4.78 is 44.8. The molecule has 0 aliphatic carbocycles. The SMILES string of the molecule is C=P(C)(C)CC[C@H]1OC(n2cnc3c(=O)[nH]c(C)nc32)[C@H](Br)[C@@H]1O.C=P(C)(C)CC[C@H]1OC(n2cnc3c(=O)[nH]c(C)nc32)[C@H](Cl)[C@@H]1O.C=P(C)(C)CC[C@H]1OC(n2cnc3c(=O)[nH]c(C)nc32)[C@H](Cl)[C@@H]1O.C=P(C)(C)CC[C@H]1OC(n2cnc3c(=O)[nH]c(C)nc32)[C@H](F)[C@@H]1O. The van der Waals surface area contributed by atoms with E-state index in [2.05, 4.69) is 154 Å². The molecule has 8 N–H and O–H groups in total. The Morgan fingerprint density at radius 3 is 0.979 bits per heavy atom. The number of aliphatic hydroxyl groups excluding tert-OH is 4. The molecule has 28 nitrogen and oxygen atoms in total. The summed E-state index contributed by atoms with van der Waals surface area (Å²) in [6.45, 7) is 19.0. The number of aryl methyl sites for hydroxylation is 4. The minimum absolute atomic E-state index is 0.124. The summed E-state index contributed by atoms with van der Waals surface area (Å²) in [6.07, 6.45) is 19.4. The first-order valence-corrected chi connectivity index (χ1v) is 45.0. The average molecular weight is 1520 g/mol. The number of nitrogens with one attached hydrogen (secondary N) is 4. The van der Waals surface area contributed by atoms with Crippen molar-refractivity contribution in [2.75, 3.05) is 78.0 Å². The van der Waals surface area contributed by atoms with E-state index in [1.165, 1.54) is 23.5 Å². The maximum Gasteiger partial charge on any atom is 0.279 e. The molecular weight excluding hydrogens is 1430 g/mol. The number of halogens is 4. The fraction of sp³-hybridized carbons (Fsp3) is 0.600. The molecule has 8 aromatic heterocycles. The molecule has 4 aliphatic heterocycles. The molecule has 16 atom stereocenters. The van der Waals surface area contributed by atoms with Crippen LogP contribution in [0.4, 0.5) is 4.39 Å². The molecule has 96 heavy (non-hydrogen) atoms. The first-order valence-electron chi connectivity index (χ1n) is 31.0. The summed E-state index contributed by atoms with van der Waals surface area (Å²) in [7, 11) is 0. The van der Waals surface area contributed by atoms with Gasteiger partial charge in [-0.05, 0) is 131 Å². The minimum atomic E-state index is -1.61. The molecule has 36 heteroatoms. The molecule has 4 aliphatic rings. The van der Waals surface area contributed by atoms with Crippen LogP contribution in [0.25, 0.3) is 44.7 Å². The zero-order chi connectivity index (χ0) is 70.6. The van der Waals surface area contributed by atoms with Crippen LogP contribution in [0.3, 0.4) is 0 Å². The Balaban J connectivity index is 0.000000150. The molecule has 12 rings (SSSR count). The van der Waals surface area contributed by atoms with Gasteiger partial charge in [-0.25, -0.2) is 44.3 Å². The number of rotatable bonds is 16. The summed E-state index contributed by atoms with van der Waals surface area (Å²) in [5.74, 6) is 1.89. The highest BCUT2D eigenvalue weighted by atomic mass is 79.9. The van der Waals surface area contributed by atoms with Gasteiger partial charge in [0.1, 0.15) is 52.4 Å². The van der Waals surface area contributed by atoms with Gasteiger partial charge in [0, 0.05) is 0 Å². The molecular formula is C60H88BrCl2FN16O12P4. The number of imidazole rings is 4. The van der Waals surface area contributed by atoms with E-state index in [4.69, 9.17) is 42.1 Å². The van der Waals surface area contributed by atoms with Crippen LogP contribution in [0.2, 0.25) is 0 Å². The largest absolute Gasteiger partial charge is 0.389 e. The fourth-order valence-corrected chi connectivity index (χ4v) is 16.7. The van der Waals surface area contributed by atoms with Crippen molar-refractivity contribution in [2.45, 2.75) is 149 Å². The van der Waals surface area contributed by atoms with E-state index in [1.807, 2.05) is 0 Å². The molecule has 8 aromatic rings. The van der Waals surface area contributed by atoms with Gasteiger partial charge in [-0.3, -0.25) is 37.4 Å². The van der Waals surface area contributed by atoms with Crippen LogP contribution in [-0.4, -0.2) is 272 Å². The highest BCUT2D eigenvalue weighted by molar-refractivity contribution is 9.09. The van der Waals surface area contributed by atoms with Gasteiger partial charge in [-0.15, -0.1) is 75.9 Å². The van der Waals surface area contributed by atoms with Gasteiger partial charge in [0.05, 0.1) is 60.7 Å². The van der Waals surface area contributed by atoms with Crippen molar-refractivity contribution >= 4 is 137 Å². The first-order chi connectivity index (χ1) is 44.7. The van der Waals surface area contributed by atoms with Crippen molar-refractivity contribution in [1.29, 1.82) is 0 Å². The molecule has 4 unspecified atom stereocenters. The van der Waals surface area contributed by atoms with E-state index in [0.29, 0.717) is 59.5 Å². The quantitative estimate of drug-likeness (QED) is 0.0440. The van der Waals surface area contributed by atoms with Crippen LogP contribution in [-0.2, 0) is 18.9 Å². The molecule has 0 amide bonds. The Morgan fingerprint density at radius 2 is 0.688 bits per heavy atom. The number of alkyl halides is 4. The van der Waals surface area contributed by atoms with Crippen molar-refractivity contribution in [3.63, 3.8) is 0 Å². The third kappa shape index (κ3) is 17.5. The Labute approximate surface area is 572 Å². The highest BCUT2D eigenvalue weighted by Gasteiger charge is 2.48. The third-order valence-corrected chi connectivity index (χ3v) is 24.4. The van der Waals surface area contributed by atoms with Crippen LogP contribution in [0.1, 0.15) is 73.9 Å². The van der Waals surface area contributed by atoms with Crippen molar-refractivity contribution in [2.24, 2.45) is 0 Å².